The van der Waals surface area contributed by atoms with Gasteiger partial charge in [0.25, 0.3) is 5.91 Å². The molecule has 2 aromatic carbocycles. The Balaban J connectivity index is 1.75. The molecule has 0 aliphatic carbocycles. The molecule has 0 bridgehead atoms. The van der Waals surface area contributed by atoms with E-state index in [4.69, 9.17) is 5.73 Å². The van der Waals surface area contributed by atoms with E-state index in [0.717, 1.165) is 15.7 Å². The van der Waals surface area contributed by atoms with Crippen molar-refractivity contribution in [3.8, 4) is 11.3 Å². The summed E-state index contributed by atoms with van der Waals surface area (Å²) in [4.78, 5) is 16.6. The maximum Gasteiger partial charge on any atom is 0.257 e. The van der Waals surface area contributed by atoms with Crippen LogP contribution >= 0.6 is 27.3 Å². The highest BCUT2D eigenvalue weighted by atomic mass is 79.9. The molecule has 0 saturated heterocycles. The van der Waals surface area contributed by atoms with Crippen LogP contribution in [0.15, 0.2) is 58.4 Å². The van der Waals surface area contributed by atoms with Crippen LogP contribution in [-0.4, -0.2) is 10.9 Å². The van der Waals surface area contributed by atoms with Gasteiger partial charge in [-0.05, 0) is 36.4 Å². The van der Waals surface area contributed by atoms with E-state index >= 15 is 0 Å². The number of nitrogen functional groups attached to an aromatic ring is 1. The van der Waals surface area contributed by atoms with Gasteiger partial charge in [-0.1, -0.05) is 28.1 Å². The second-order valence-electron chi connectivity index (χ2n) is 4.62. The van der Waals surface area contributed by atoms with Gasteiger partial charge in [0.2, 0.25) is 0 Å². The van der Waals surface area contributed by atoms with Gasteiger partial charge in [-0.3, -0.25) is 10.1 Å². The van der Waals surface area contributed by atoms with Crippen molar-refractivity contribution in [1.29, 1.82) is 0 Å². The summed E-state index contributed by atoms with van der Waals surface area (Å²) in [5.74, 6) is -0.175. The smallest absolute Gasteiger partial charge is 0.257 e. The topological polar surface area (TPSA) is 68.0 Å². The summed E-state index contributed by atoms with van der Waals surface area (Å²) in [5, 5.41) is 5.28. The van der Waals surface area contributed by atoms with Gasteiger partial charge in [-0.15, -0.1) is 11.3 Å². The molecule has 3 aromatic rings. The molecule has 1 heterocycles. The number of nitrogens with one attached hydrogen (secondary N) is 1. The van der Waals surface area contributed by atoms with E-state index < -0.39 is 0 Å². The maximum atomic E-state index is 12.1. The molecular weight excluding hydrogens is 362 g/mol. The Labute approximate surface area is 140 Å². The molecule has 110 valence electrons. The highest BCUT2D eigenvalue weighted by molar-refractivity contribution is 9.10. The monoisotopic (exact) mass is 373 g/mol. The molecule has 0 aliphatic rings. The number of anilines is 2. The van der Waals surface area contributed by atoms with E-state index in [9.17, 15) is 4.79 Å². The lowest BCUT2D eigenvalue weighted by Crippen LogP contribution is -2.11. The zero-order valence-electron chi connectivity index (χ0n) is 11.4. The number of aromatic nitrogens is 1. The fourth-order valence-electron chi connectivity index (χ4n) is 1.89. The molecule has 0 unspecified atom stereocenters. The van der Waals surface area contributed by atoms with Crippen LogP contribution in [0.3, 0.4) is 0 Å². The molecule has 4 nitrogen and oxygen atoms in total. The van der Waals surface area contributed by atoms with Crippen LogP contribution in [-0.2, 0) is 0 Å². The summed E-state index contributed by atoms with van der Waals surface area (Å²) in [5.41, 5.74) is 8.76. The van der Waals surface area contributed by atoms with Crippen molar-refractivity contribution in [3.05, 3.63) is 63.9 Å². The van der Waals surface area contributed by atoms with Crippen LogP contribution in [0.2, 0.25) is 0 Å². The van der Waals surface area contributed by atoms with Crippen molar-refractivity contribution in [2.24, 2.45) is 0 Å². The van der Waals surface area contributed by atoms with Gasteiger partial charge in [0, 0.05) is 26.7 Å². The number of carbonyl (C=O) groups is 1. The molecule has 0 atom stereocenters. The fourth-order valence-corrected chi connectivity index (χ4v) is 2.87. The summed E-state index contributed by atoms with van der Waals surface area (Å²) in [6, 6.07) is 14.6. The molecule has 3 N–H and O–H groups in total. The molecule has 6 heteroatoms. The summed E-state index contributed by atoms with van der Waals surface area (Å²) in [7, 11) is 0. The van der Waals surface area contributed by atoms with E-state index in [1.165, 1.54) is 11.3 Å². The first kappa shape index (κ1) is 14.7. The Kier molecular flexibility index (Phi) is 4.22. The van der Waals surface area contributed by atoms with Gasteiger partial charge in [0.05, 0.1) is 5.69 Å². The number of carbonyl (C=O) groups excluding carboxylic acids is 1. The molecule has 0 fully saturated rings. The number of hydrogen-bond donors (Lipinski definition) is 2. The maximum absolute atomic E-state index is 12.1. The number of amides is 1. The van der Waals surface area contributed by atoms with Crippen LogP contribution in [0.1, 0.15) is 10.4 Å². The van der Waals surface area contributed by atoms with E-state index in [1.807, 2.05) is 41.8 Å². The predicted molar refractivity (Wildman–Crippen MR) is 94.1 cm³/mol. The minimum absolute atomic E-state index is 0.175. The second kappa shape index (κ2) is 6.29. The molecule has 0 aliphatic heterocycles. The Bertz CT molecular complexity index is 797. The van der Waals surface area contributed by atoms with Crippen LogP contribution in [0.4, 0.5) is 10.8 Å². The van der Waals surface area contributed by atoms with E-state index in [1.54, 1.807) is 12.1 Å². The number of halogens is 1. The molecular formula is C16H12BrN3OS. The van der Waals surface area contributed by atoms with Crippen molar-refractivity contribution in [1.82, 2.24) is 4.98 Å². The lowest BCUT2D eigenvalue weighted by atomic mass is 10.1. The third-order valence-electron chi connectivity index (χ3n) is 3.04. The number of hydrogen-bond acceptors (Lipinski definition) is 4. The SMILES string of the molecule is Nc1ccc(-c2csc(NC(=O)c3ccc(Br)cc3)n2)cc1. The standard InChI is InChI=1S/C16H12BrN3OS/c17-12-5-1-11(2-6-12)15(21)20-16-19-14(9-22-16)10-3-7-13(18)8-4-10/h1-9H,18H2,(H,19,20,21). The van der Waals surface area contributed by atoms with Crippen molar-refractivity contribution >= 4 is 44.0 Å². The highest BCUT2D eigenvalue weighted by Gasteiger charge is 2.09. The molecule has 0 saturated carbocycles. The molecule has 0 radical (unpaired) electrons. The number of thiazole rings is 1. The van der Waals surface area contributed by atoms with Gasteiger partial charge in [-0.25, -0.2) is 4.98 Å². The minimum Gasteiger partial charge on any atom is -0.399 e. The zero-order valence-corrected chi connectivity index (χ0v) is 13.8. The van der Waals surface area contributed by atoms with Crippen molar-refractivity contribution in [3.63, 3.8) is 0 Å². The highest BCUT2D eigenvalue weighted by Crippen LogP contribution is 2.26. The van der Waals surface area contributed by atoms with Crippen molar-refractivity contribution < 1.29 is 4.79 Å². The van der Waals surface area contributed by atoms with Gasteiger partial charge >= 0.3 is 0 Å². The lowest BCUT2D eigenvalue weighted by Gasteiger charge is -2.01. The summed E-state index contributed by atoms with van der Waals surface area (Å²) in [6.07, 6.45) is 0. The summed E-state index contributed by atoms with van der Waals surface area (Å²) < 4.78 is 0.934. The van der Waals surface area contributed by atoms with Gasteiger partial charge in [0.15, 0.2) is 5.13 Å². The Morgan fingerprint density at radius 3 is 2.45 bits per heavy atom. The summed E-state index contributed by atoms with van der Waals surface area (Å²) >= 11 is 4.74. The first-order valence-corrected chi connectivity index (χ1v) is 8.17. The number of nitrogens with zero attached hydrogens (tertiary/aromatic N) is 1. The number of rotatable bonds is 3. The van der Waals surface area contributed by atoms with Crippen LogP contribution in [0.25, 0.3) is 11.3 Å². The van der Waals surface area contributed by atoms with Gasteiger partial charge in [-0.2, -0.15) is 0 Å². The minimum atomic E-state index is -0.175. The van der Waals surface area contributed by atoms with Crippen molar-refractivity contribution in [2.75, 3.05) is 11.1 Å². The fraction of sp³-hybridized carbons (Fsp3) is 0. The average Bonchev–Trinajstić information content (AvgIpc) is 2.97. The first-order valence-electron chi connectivity index (χ1n) is 6.50. The number of benzene rings is 2. The summed E-state index contributed by atoms with van der Waals surface area (Å²) in [6.45, 7) is 0. The molecule has 3 rings (SSSR count). The Morgan fingerprint density at radius 2 is 1.77 bits per heavy atom. The van der Waals surface area contributed by atoms with Crippen LogP contribution < -0.4 is 11.1 Å². The van der Waals surface area contributed by atoms with Crippen LogP contribution in [0, 0.1) is 0 Å². The molecule has 1 amide bonds. The Hall–Kier alpha value is -2.18. The van der Waals surface area contributed by atoms with Gasteiger partial charge in [0.1, 0.15) is 0 Å². The van der Waals surface area contributed by atoms with Crippen LogP contribution in [0.5, 0.6) is 0 Å². The predicted octanol–water partition coefficient (Wildman–Crippen LogP) is 4.41. The van der Waals surface area contributed by atoms with Gasteiger partial charge < -0.3 is 5.73 Å². The number of nitrogens with two attached hydrogens (primary N) is 1. The largest absolute Gasteiger partial charge is 0.399 e. The van der Waals surface area contributed by atoms with E-state index in [-0.39, 0.29) is 5.91 Å². The normalized spacial score (nSPS) is 10.4. The zero-order chi connectivity index (χ0) is 15.5. The van der Waals surface area contributed by atoms with E-state index in [2.05, 4.69) is 26.2 Å². The molecule has 0 spiro atoms. The average molecular weight is 374 g/mol. The Morgan fingerprint density at radius 1 is 1.09 bits per heavy atom. The third kappa shape index (κ3) is 3.35. The first-order chi connectivity index (χ1) is 10.6. The van der Waals surface area contributed by atoms with Crippen molar-refractivity contribution in [2.45, 2.75) is 0 Å². The lowest BCUT2D eigenvalue weighted by molar-refractivity contribution is 0.102. The quantitative estimate of drug-likeness (QED) is 0.668. The molecule has 1 aromatic heterocycles. The molecule has 22 heavy (non-hydrogen) atoms. The second-order valence-corrected chi connectivity index (χ2v) is 6.39. The third-order valence-corrected chi connectivity index (χ3v) is 4.32. The van der Waals surface area contributed by atoms with E-state index in [0.29, 0.717) is 16.4 Å².